The summed E-state index contributed by atoms with van der Waals surface area (Å²) in [5.41, 5.74) is 5.23. The van der Waals surface area contributed by atoms with Gasteiger partial charge in [0.25, 0.3) is 0 Å². The van der Waals surface area contributed by atoms with Crippen LogP contribution in [0, 0.1) is 11.8 Å². The Hall–Kier alpha value is -1.59. The van der Waals surface area contributed by atoms with Crippen LogP contribution in [0.5, 0.6) is 0 Å². The Morgan fingerprint density at radius 1 is 1.50 bits per heavy atom. The Balaban J connectivity index is 2.61. The molecule has 3 N–H and O–H groups in total. The molecule has 1 saturated heterocycles. The molecular weight excluding hydrogens is 234 g/mol. The summed E-state index contributed by atoms with van der Waals surface area (Å²) in [6.45, 7) is 6.52. The minimum absolute atomic E-state index is 0.0159. The minimum atomic E-state index is -0.678. The molecule has 1 aliphatic rings. The lowest BCUT2D eigenvalue weighted by Gasteiger charge is -2.21. The van der Waals surface area contributed by atoms with Gasteiger partial charge in [-0.3, -0.25) is 14.4 Å². The maximum atomic E-state index is 12.0. The third-order valence-electron chi connectivity index (χ3n) is 3.24. The van der Waals surface area contributed by atoms with Gasteiger partial charge in [-0.25, -0.2) is 0 Å². The fourth-order valence-electron chi connectivity index (χ4n) is 2.09. The van der Waals surface area contributed by atoms with E-state index in [0.29, 0.717) is 13.1 Å². The van der Waals surface area contributed by atoms with Crippen molar-refractivity contribution < 1.29 is 14.4 Å². The Labute approximate surface area is 107 Å². The van der Waals surface area contributed by atoms with Crippen molar-refractivity contribution in [3.8, 4) is 0 Å². The van der Waals surface area contributed by atoms with Gasteiger partial charge < -0.3 is 16.0 Å². The predicted octanol–water partition coefficient (Wildman–Crippen LogP) is -0.519. The zero-order chi connectivity index (χ0) is 13.9. The summed E-state index contributed by atoms with van der Waals surface area (Å²) in [6, 6.07) is -0.678. The Kier molecular flexibility index (Phi) is 4.69. The van der Waals surface area contributed by atoms with Gasteiger partial charge in [0.15, 0.2) is 0 Å². The first-order valence-electron chi connectivity index (χ1n) is 6.24. The minimum Gasteiger partial charge on any atom is -0.368 e. The van der Waals surface area contributed by atoms with E-state index in [1.54, 1.807) is 4.90 Å². The molecular formula is C12H21N3O3. The molecule has 0 aromatic carbocycles. The zero-order valence-corrected chi connectivity index (χ0v) is 11.1. The monoisotopic (exact) mass is 255 g/mol. The molecule has 0 aliphatic carbocycles. The summed E-state index contributed by atoms with van der Waals surface area (Å²) in [7, 11) is 0. The summed E-state index contributed by atoms with van der Waals surface area (Å²) in [4.78, 5) is 36.3. The highest BCUT2D eigenvalue weighted by atomic mass is 16.2. The normalized spacial score (nSPS) is 21.2. The number of rotatable bonds is 5. The number of likely N-dealkylation sites (tertiary alicyclic amines) is 1. The largest absolute Gasteiger partial charge is 0.368 e. The van der Waals surface area contributed by atoms with Crippen LogP contribution in [0.25, 0.3) is 0 Å². The summed E-state index contributed by atoms with van der Waals surface area (Å²) in [5.74, 6) is -1.27. The van der Waals surface area contributed by atoms with E-state index >= 15 is 0 Å². The number of hydrogen-bond donors (Lipinski definition) is 2. The molecule has 18 heavy (non-hydrogen) atoms. The molecule has 0 saturated carbocycles. The molecule has 2 atom stereocenters. The second-order valence-electron chi connectivity index (χ2n) is 4.97. The quantitative estimate of drug-likeness (QED) is 0.692. The third-order valence-corrected chi connectivity index (χ3v) is 3.24. The average molecular weight is 255 g/mol. The van der Waals surface area contributed by atoms with Gasteiger partial charge in [-0.1, -0.05) is 13.8 Å². The molecule has 0 bridgehead atoms. The topological polar surface area (TPSA) is 92.5 Å². The molecule has 0 spiro atoms. The van der Waals surface area contributed by atoms with Crippen molar-refractivity contribution in [2.45, 2.75) is 33.2 Å². The van der Waals surface area contributed by atoms with Gasteiger partial charge in [-0.15, -0.1) is 0 Å². The highest BCUT2D eigenvalue weighted by molar-refractivity contribution is 5.92. The Bertz CT molecular complexity index is 354. The van der Waals surface area contributed by atoms with Crippen LogP contribution in [-0.2, 0) is 14.4 Å². The fraction of sp³-hybridized carbons (Fsp3) is 0.750. The summed E-state index contributed by atoms with van der Waals surface area (Å²) < 4.78 is 0. The molecule has 1 rings (SSSR count). The van der Waals surface area contributed by atoms with E-state index in [-0.39, 0.29) is 30.1 Å². The van der Waals surface area contributed by atoms with Gasteiger partial charge in [-0.05, 0) is 12.8 Å². The van der Waals surface area contributed by atoms with Crippen LogP contribution >= 0.6 is 0 Å². The Morgan fingerprint density at radius 2 is 2.11 bits per heavy atom. The van der Waals surface area contributed by atoms with E-state index < -0.39 is 11.9 Å². The van der Waals surface area contributed by atoms with Crippen LogP contribution in [0.15, 0.2) is 0 Å². The number of carbonyl (C=O) groups is 3. The van der Waals surface area contributed by atoms with Gasteiger partial charge in [0.1, 0.15) is 6.04 Å². The lowest BCUT2D eigenvalue weighted by Crippen LogP contribution is -2.49. The molecule has 6 heteroatoms. The average Bonchev–Trinajstić information content (AvgIpc) is 2.66. The van der Waals surface area contributed by atoms with E-state index in [1.165, 1.54) is 0 Å². The van der Waals surface area contributed by atoms with Gasteiger partial charge in [0, 0.05) is 19.5 Å². The van der Waals surface area contributed by atoms with E-state index in [4.69, 9.17) is 5.73 Å². The first-order chi connectivity index (χ1) is 8.36. The second-order valence-corrected chi connectivity index (χ2v) is 4.97. The molecule has 0 aromatic heterocycles. The van der Waals surface area contributed by atoms with Gasteiger partial charge in [-0.2, -0.15) is 0 Å². The van der Waals surface area contributed by atoms with Crippen molar-refractivity contribution >= 4 is 17.7 Å². The maximum absolute atomic E-state index is 12.0. The smallest absolute Gasteiger partial charge is 0.240 e. The molecule has 1 fully saturated rings. The molecule has 1 heterocycles. The van der Waals surface area contributed by atoms with E-state index in [0.717, 1.165) is 0 Å². The highest BCUT2D eigenvalue weighted by Crippen LogP contribution is 2.18. The van der Waals surface area contributed by atoms with Crippen molar-refractivity contribution in [1.29, 1.82) is 0 Å². The Morgan fingerprint density at radius 3 is 2.50 bits per heavy atom. The molecule has 0 radical (unpaired) electrons. The molecule has 102 valence electrons. The van der Waals surface area contributed by atoms with Gasteiger partial charge >= 0.3 is 0 Å². The lowest BCUT2D eigenvalue weighted by atomic mass is 10.0. The summed E-state index contributed by atoms with van der Waals surface area (Å²) >= 11 is 0. The maximum Gasteiger partial charge on any atom is 0.240 e. The molecule has 1 aliphatic heterocycles. The summed E-state index contributed by atoms with van der Waals surface area (Å²) in [6.07, 6.45) is 0.212. The number of amides is 3. The van der Waals surface area contributed by atoms with Crippen molar-refractivity contribution in [1.82, 2.24) is 10.2 Å². The standard InChI is InChI=1S/C12H21N3O3/c1-4-15-6-8(5-9(15)16)12(18)14-10(7(2)3)11(13)17/h7-8,10H,4-6H2,1-3H3,(H2,13,17)(H,14,18)/t8-,10+/m0/s1. The molecule has 6 nitrogen and oxygen atoms in total. The number of nitrogens with two attached hydrogens (primary N) is 1. The van der Waals surface area contributed by atoms with Crippen molar-refractivity contribution in [3.05, 3.63) is 0 Å². The first kappa shape index (κ1) is 14.5. The number of nitrogens with one attached hydrogen (secondary N) is 1. The van der Waals surface area contributed by atoms with Crippen LogP contribution in [0.1, 0.15) is 27.2 Å². The second kappa shape index (κ2) is 5.84. The first-order valence-corrected chi connectivity index (χ1v) is 6.24. The third kappa shape index (κ3) is 3.21. The fourth-order valence-corrected chi connectivity index (χ4v) is 2.09. The lowest BCUT2D eigenvalue weighted by molar-refractivity contribution is -0.131. The predicted molar refractivity (Wildman–Crippen MR) is 66.3 cm³/mol. The number of hydrogen-bond acceptors (Lipinski definition) is 3. The van der Waals surface area contributed by atoms with Crippen LogP contribution in [0.4, 0.5) is 0 Å². The molecule has 3 amide bonds. The van der Waals surface area contributed by atoms with Gasteiger partial charge in [0.2, 0.25) is 17.7 Å². The van der Waals surface area contributed by atoms with Crippen LogP contribution < -0.4 is 11.1 Å². The van der Waals surface area contributed by atoms with E-state index in [2.05, 4.69) is 5.32 Å². The number of carbonyl (C=O) groups excluding carboxylic acids is 3. The highest BCUT2D eigenvalue weighted by Gasteiger charge is 2.35. The summed E-state index contributed by atoms with van der Waals surface area (Å²) in [5, 5.41) is 2.63. The van der Waals surface area contributed by atoms with Gasteiger partial charge in [0.05, 0.1) is 5.92 Å². The number of nitrogens with zero attached hydrogens (tertiary/aromatic N) is 1. The SMILES string of the molecule is CCN1C[C@@H](C(=O)N[C@@H](C(N)=O)C(C)C)CC1=O. The van der Waals surface area contributed by atoms with E-state index in [9.17, 15) is 14.4 Å². The van der Waals surface area contributed by atoms with Crippen LogP contribution in [0.2, 0.25) is 0 Å². The van der Waals surface area contributed by atoms with E-state index in [1.807, 2.05) is 20.8 Å². The number of primary amides is 1. The molecule has 0 aromatic rings. The zero-order valence-electron chi connectivity index (χ0n) is 11.1. The van der Waals surface area contributed by atoms with Crippen LogP contribution in [0.3, 0.4) is 0 Å². The van der Waals surface area contributed by atoms with Crippen molar-refractivity contribution in [2.24, 2.45) is 17.6 Å². The van der Waals surface area contributed by atoms with Crippen molar-refractivity contribution in [3.63, 3.8) is 0 Å². The molecule has 0 unspecified atom stereocenters. The van der Waals surface area contributed by atoms with Crippen LogP contribution in [-0.4, -0.2) is 41.8 Å². The van der Waals surface area contributed by atoms with Crippen molar-refractivity contribution in [2.75, 3.05) is 13.1 Å².